The average Bonchev–Trinajstić information content (AvgIpc) is 2.94. The van der Waals surface area contributed by atoms with Gasteiger partial charge >= 0.3 is 6.09 Å². The van der Waals surface area contributed by atoms with Crippen LogP contribution in [0.3, 0.4) is 0 Å². The highest BCUT2D eigenvalue weighted by atomic mass is 16.6. The predicted octanol–water partition coefficient (Wildman–Crippen LogP) is 4.62. The molecule has 1 aromatic heterocycles. The number of carbonyl (C=O) groups is 1. The van der Waals surface area contributed by atoms with E-state index in [0.29, 0.717) is 11.7 Å². The van der Waals surface area contributed by atoms with Gasteiger partial charge in [0.1, 0.15) is 11.6 Å². The summed E-state index contributed by atoms with van der Waals surface area (Å²) in [5.74, 6) is 0.834. The molecule has 0 aliphatic heterocycles. The van der Waals surface area contributed by atoms with Gasteiger partial charge in [-0.05, 0) is 44.7 Å². The molecule has 0 fully saturated rings. The highest BCUT2D eigenvalue weighted by Gasteiger charge is 2.22. The van der Waals surface area contributed by atoms with Crippen LogP contribution in [0.1, 0.15) is 66.0 Å². The number of benzene rings is 1. The number of ether oxygens (including phenoxy) is 1. The number of hydrogen-bond acceptors (Lipinski definition) is 5. The molecule has 0 saturated heterocycles. The highest BCUT2D eigenvalue weighted by Crippen LogP contribution is 2.26. The number of aromatic nitrogens is 2. The van der Waals surface area contributed by atoms with Crippen LogP contribution in [0.15, 0.2) is 28.8 Å². The lowest BCUT2D eigenvalue weighted by molar-refractivity contribution is 0.0499. The molecule has 1 heterocycles. The first kappa shape index (κ1) is 19.0. The molecule has 0 unspecified atom stereocenters. The summed E-state index contributed by atoms with van der Waals surface area (Å²) in [6.45, 7) is 13.7. The molecular weight excluding hydrogens is 318 g/mol. The van der Waals surface area contributed by atoms with Crippen molar-refractivity contribution in [3.05, 3.63) is 35.7 Å². The third-order valence-electron chi connectivity index (χ3n) is 3.53. The van der Waals surface area contributed by atoms with E-state index >= 15 is 0 Å². The van der Waals surface area contributed by atoms with E-state index in [1.807, 2.05) is 32.9 Å². The summed E-state index contributed by atoms with van der Waals surface area (Å²) >= 11 is 0. The molecule has 1 N–H and O–H groups in total. The monoisotopic (exact) mass is 345 g/mol. The van der Waals surface area contributed by atoms with Crippen LogP contribution in [0.25, 0.3) is 11.4 Å². The second-order valence-corrected chi connectivity index (χ2v) is 8.15. The first-order chi connectivity index (χ1) is 11.5. The molecule has 6 nitrogen and oxygen atoms in total. The summed E-state index contributed by atoms with van der Waals surface area (Å²) < 4.78 is 10.5. The third-order valence-corrected chi connectivity index (χ3v) is 3.53. The fraction of sp³-hybridized carbons (Fsp3) is 0.526. The van der Waals surface area contributed by atoms with Gasteiger partial charge < -0.3 is 14.6 Å². The van der Waals surface area contributed by atoms with E-state index in [4.69, 9.17) is 9.26 Å². The van der Waals surface area contributed by atoms with Crippen LogP contribution in [0.5, 0.6) is 0 Å². The van der Waals surface area contributed by atoms with Crippen molar-refractivity contribution in [2.75, 3.05) is 0 Å². The number of alkyl carbamates (subject to hydrolysis) is 1. The van der Waals surface area contributed by atoms with Crippen LogP contribution >= 0.6 is 0 Å². The smallest absolute Gasteiger partial charge is 0.408 e. The molecule has 0 aliphatic carbocycles. The minimum atomic E-state index is -0.558. The fourth-order valence-electron chi connectivity index (χ4n) is 2.20. The number of nitrogens with one attached hydrogen (secondary N) is 1. The van der Waals surface area contributed by atoms with Gasteiger partial charge in [0.2, 0.25) is 11.7 Å². The van der Waals surface area contributed by atoms with E-state index in [9.17, 15) is 4.79 Å². The fourth-order valence-corrected chi connectivity index (χ4v) is 2.20. The summed E-state index contributed by atoms with van der Waals surface area (Å²) in [4.78, 5) is 16.3. The van der Waals surface area contributed by atoms with Crippen molar-refractivity contribution >= 4 is 6.09 Å². The average molecular weight is 345 g/mol. The van der Waals surface area contributed by atoms with Crippen molar-refractivity contribution in [3.63, 3.8) is 0 Å². The Hall–Kier alpha value is -2.37. The number of amides is 1. The van der Waals surface area contributed by atoms with Crippen molar-refractivity contribution < 1.29 is 14.1 Å². The molecule has 6 heteroatoms. The Labute approximate surface area is 149 Å². The number of rotatable bonds is 3. The van der Waals surface area contributed by atoms with Gasteiger partial charge in [0.25, 0.3) is 0 Å². The molecule has 0 bridgehead atoms. The quantitative estimate of drug-likeness (QED) is 0.878. The second kappa shape index (κ2) is 6.86. The number of nitrogens with zero attached hydrogens (tertiary/aromatic N) is 2. The zero-order chi connectivity index (χ0) is 18.8. The molecule has 2 rings (SSSR count). The van der Waals surface area contributed by atoms with Gasteiger partial charge in [-0.25, -0.2) is 4.79 Å². The topological polar surface area (TPSA) is 77.2 Å². The van der Waals surface area contributed by atoms with Crippen LogP contribution in [-0.4, -0.2) is 21.8 Å². The normalized spacial score (nSPS) is 13.4. The Kier molecular flexibility index (Phi) is 5.20. The summed E-state index contributed by atoms with van der Waals surface area (Å²) in [6, 6.07) is 7.61. The lowest BCUT2D eigenvalue weighted by Crippen LogP contribution is -2.34. The molecule has 0 radical (unpaired) electrons. The van der Waals surface area contributed by atoms with E-state index < -0.39 is 17.7 Å². The van der Waals surface area contributed by atoms with Crippen LogP contribution in [-0.2, 0) is 10.2 Å². The van der Waals surface area contributed by atoms with Crippen molar-refractivity contribution in [1.29, 1.82) is 0 Å². The van der Waals surface area contributed by atoms with Gasteiger partial charge in [-0.15, -0.1) is 0 Å². The molecule has 0 saturated carbocycles. The van der Waals surface area contributed by atoms with Crippen LogP contribution < -0.4 is 5.32 Å². The molecule has 2 aromatic rings. The zero-order valence-electron chi connectivity index (χ0n) is 16.0. The Balaban J connectivity index is 2.13. The van der Waals surface area contributed by atoms with E-state index in [-0.39, 0.29) is 5.41 Å². The first-order valence-corrected chi connectivity index (χ1v) is 8.40. The molecule has 1 aromatic carbocycles. The molecule has 25 heavy (non-hydrogen) atoms. The molecule has 1 atom stereocenters. The standard InChI is InChI=1S/C19H27N3O3/c1-12(20-17(23)24-19(5,6)7)16-21-15(22-25-16)13-9-8-10-14(11-13)18(2,3)4/h8-12H,1-7H3,(H,20,23)/t12-/m0/s1. The van der Waals surface area contributed by atoms with Gasteiger partial charge in [-0.3, -0.25) is 0 Å². The van der Waals surface area contributed by atoms with Crippen LogP contribution in [0, 0.1) is 0 Å². The summed E-state index contributed by atoms with van der Waals surface area (Å²) in [5, 5.41) is 6.73. The maximum Gasteiger partial charge on any atom is 0.408 e. The molecule has 1 amide bonds. The van der Waals surface area contributed by atoms with Crippen molar-refractivity contribution in [2.45, 2.75) is 65.5 Å². The van der Waals surface area contributed by atoms with E-state index in [1.54, 1.807) is 6.92 Å². The highest BCUT2D eigenvalue weighted by molar-refractivity contribution is 5.68. The predicted molar refractivity (Wildman–Crippen MR) is 96.2 cm³/mol. The van der Waals surface area contributed by atoms with Gasteiger partial charge in [0, 0.05) is 5.56 Å². The minimum Gasteiger partial charge on any atom is -0.444 e. The van der Waals surface area contributed by atoms with Crippen LogP contribution in [0.2, 0.25) is 0 Å². The molecule has 136 valence electrons. The lowest BCUT2D eigenvalue weighted by Gasteiger charge is -2.20. The molecule has 0 spiro atoms. The summed E-state index contributed by atoms with van der Waals surface area (Å²) in [7, 11) is 0. The first-order valence-electron chi connectivity index (χ1n) is 8.40. The third kappa shape index (κ3) is 5.31. The Bertz CT molecular complexity index is 739. The maximum atomic E-state index is 11.9. The molecular formula is C19H27N3O3. The van der Waals surface area contributed by atoms with E-state index in [1.165, 1.54) is 5.56 Å². The number of carbonyl (C=O) groups excluding carboxylic acids is 1. The molecule has 0 aliphatic rings. The van der Waals surface area contributed by atoms with Gasteiger partial charge in [-0.1, -0.05) is 44.1 Å². The zero-order valence-corrected chi connectivity index (χ0v) is 16.0. The largest absolute Gasteiger partial charge is 0.444 e. The van der Waals surface area contributed by atoms with Gasteiger partial charge in [-0.2, -0.15) is 4.98 Å². The van der Waals surface area contributed by atoms with Crippen molar-refractivity contribution in [2.24, 2.45) is 0 Å². The Morgan fingerprint density at radius 2 is 1.88 bits per heavy atom. The van der Waals surface area contributed by atoms with Crippen LogP contribution in [0.4, 0.5) is 4.79 Å². The number of hydrogen-bond donors (Lipinski definition) is 1. The van der Waals surface area contributed by atoms with Gasteiger partial charge in [0.15, 0.2) is 0 Å². The lowest BCUT2D eigenvalue weighted by atomic mass is 9.86. The minimum absolute atomic E-state index is 0.0358. The second-order valence-electron chi connectivity index (χ2n) is 8.15. The maximum absolute atomic E-state index is 11.9. The van der Waals surface area contributed by atoms with E-state index in [0.717, 1.165) is 5.56 Å². The Morgan fingerprint density at radius 3 is 2.48 bits per heavy atom. The summed E-state index contributed by atoms with van der Waals surface area (Å²) in [5.41, 5.74) is 1.55. The van der Waals surface area contributed by atoms with E-state index in [2.05, 4.69) is 48.4 Å². The van der Waals surface area contributed by atoms with Crippen molar-refractivity contribution in [1.82, 2.24) is 15.5 Å². The Morgan fingerprint density at radius 1 is 1.20 bits per heavy atom. The van der Waals surface area contributed by atoms with Crippen molar-refractivity contribution in [3.8, 4) is 11.4 Å². The summed E-state index contributed by atoms with van der Waals surface area (Å²) in [6.07, 6.45) is -0.519. The SMILES string of the molecule is C[C@H](NC(=O)OC(C)(C)C)c1nc(-c2cccc(C(C)(C)C)c2)no1. The van der Waals surface area contributed by atoms with Gasteiger partial charge in [0.05, 0.1) is 0 Å².